The first-order chi connectivity index (χ1) is 9.58. The molecule has 0 saturated heterocycles. The summed E-state index contributed by atoms with van der Waals surface area (Å²) in [6, 6.07) is 0. The molecule has 6 heteroatoms. The number of ether oxygens (including phenoxy) is 1. The summed E-state index contributed by atoms with van der Waals surface area (Å²) in [4.78, 5) is 8.25. The highest BCUT2D eigenvalue weighted by atomic mass is 16.5. The van der Waals surface area contributed by atoms with Crippen LogP contribution in [-0.4, -0.2) is 32.4 Å². The highest BCUT2D eigenvalue weighted by Crippen LogP contribution is 2.26. The molecule has 0 aliphatic heterocycles. The molecule has 0 saturated carbocycles. The fraction of sp³-hybridized carbons (Fsp3) is 0.429. The summed E-state index contributed by atoms with van der Waals surface area (Å²) < 4.78 is 7.62. The van der Waals surface area contributed by atoms with Crippen molar-refractivity contribution in [2.24, 2.45) is 0 Å². The van der Waals surface area contributed by atoms with Crippen LogP contribution in [0.4, 0.5) is 5.82 Å². The summed E-state index contributed by atoms with van der Waals surface area (Å²) in [6.45, 7) is 3.69. The normalized spacial score (nSPS) is 14.1. The van der Waals surface area contributed by atoms with E-state index in [-0.39, 0.29) is 12.8 Å². The molecule has 20 heavy (non-hydrogen) atoms. The lowest BCUT2D eigenvalue weighted by Crippen LogP contribution is -2.22. The van der Waals surface area contributed by atoms with Gasteiger partial charge < -0.3 is 20.1 Å². The van der Waals surface area contributed by atoms with Crippen LogP contribution in [-0.2, 0) is 4.74 Å². The SMILES string of the molecule is C#CC[C@@H](CO)O[C@H](C)n1cc(C)c2c(N)ncnc21. The molecule has 0 aliphatic carbocycles. The Morgan fingerprint density at radius 2 is 2.30 bits per heavy atom. The number of nitrogens with two attached hydrogens (primary N) is 1. The van der Waals surface area contributed by atoms with Gasteiger partial charge in [0.1, 0.15) is 24.0 Å². The number of hydrogen-bond acceptors (Lipinski definition) is 5. The Balaban J connectivity index is 2.34. The molecule has 0 aromatic carbocycles. The first-order valence-corrected chi connectivity index (χ1v) is 6.35. The summed E-state index contributed by atoms with van der Waals surface area (Å²) in [5.74, 6) is 2.93. The van der Waals surface area contributed by atoms with Crippen molar-refractivity contribution < 1.29 is 9.84 Å². The average Bonchev–Trinajstić information content (AvgIpc) is 2.77. The fourth-order valence-electron chi connectivity index (χ4n) is 2.21. The van der Waals surface area contributed by atoms with Crippen molar-refractivity contribution in [3.63, 3.8) is 0 Å². The fourth-order valence-corrected chi connectivity index (χ4v) is 2.21. The molecule has 6 nitrogen and oxygen atoms in total. The zero-order valence-electron chi connectivity index (χ0n) is 11.6. The molecular weight excluding hydrogens is 256 g/mol. The third kappa shape index (κ3) is 2.59. The van der Waals surface area contributed by atoms with Crippen LogP contribution < -0.4 is 5.73 Å². The maximum Gasteiger partial charge on any atom is 0.147 e. The number of nitrogen functional groups attached to an aromatic ring is 1. The number of aromatic nitrogens is 3. The molecule has 3 N–H and O–H groups in total. The second-order valence-corrected chi connectivity index (χ2v) is 4.63. The number of terminal acetylenes is 1. The maximum atomic E-state index is 9.24. The Hall–Kier alpha value is -2.10. The third-order valence-electron chi connectivity index (χ3n) is 3.16. The van der Waals surface area contributed by atoms with E-state index in [4.69, 9.17) is 16.9 Å². The van der Waals surface area contributed by atoms with Gasteiger partial charge in [-0.3, -0.25) is 0 Å². The molecular formula is C14H18N4O2. The van der Waals surface area contributed by atoms with E-state index in [0.29, 0.717) is 17.9 Å². The molecule has 2 aromatic heterocycles. The molecule has 106 valence electrons. The molecule has 2 aromatic rings. The van der Waals surface area contributed by atoms with Crippen molar-refractivity contribution in [2.45, 2.75) is 32.6 Å². The van der Waals surface area contributed by atoms with Crippen LogP contribution in [0.5, 0.6) is 0 Å². The Morgan fingerprint density at radius 1 is 1.55 bits per heavy atom. The zero-order valence-corrected chi connectivity index (χ0v) is 11.6. The molecule has 0 spiro atoms. The summed E-state index contributed by atoms with van der Waals surface area (Å²) in [5, 5.41) is 10.1. The van der Waals surface area contributed by atoms with Gasteiger partial charge in [0.15, 0.2) is 0 Å². The van der Waals surface area contributed by atoms with Gasteiger partial charge >= 0.3 is 0 Å². The van der Waals surface area contributed by atoms with E-state index in [0.717, 1.165) is 10.9 Å². The van der Waals surface area contributed by atoms with Gasteiger partial charge in [-0.1, -0.05) is 0 Å². The van der Waals surface area contributed by atoms with Gasteiger partial charge in [0.25, 0.3) is 0 Å². The van der Waals surface area contributed by atoms with Crippen LogP contribution in [0.25, 0.3) is 11.0 Å². The summed E-state index contributed by atoms with van der Waals surface area (Å²) >= 11 is 0. The summed E-state index contributed by atoms with van der Waals surface area (Å²) in [5.41, 5.74) is 7.56. The smallest absolute Gasteiger partial charge is 0.147 e. The lowest BCUT2D eigenvalue weighted by molar-refractivity contribution is -0.0606. The maximum absolute atomic E-state index is 9.24. The Labute approximate surface area is 117 Å². The van der Waals surface area contributed by atoms with Gasteiger partial charge in [-0.25, -0.2) is 9.97 Å². The topological polar surface area (TPSA) is 86.2 Å². The van der Waals surface area contributed by atoms with E-state index in [1.54, 1.807) is 0 Å². The number of aliphatic hydroxyl groups excluding tert-OH is 1. The molecule has 0 radical (unpaired) electrons. The number of hydrogen-bond donors (Lipinski definition) is 2. The minimum Gasteiger partial charge on any atom is -0.394 e. The van der Waals surface area contributed by atoms with Gasteiger partial charge in [-0.15, -0.1) is 12.3 Å². The molecule has 0 fully saturated rings. The van der Waals surface area contributed by atoms with Crippen LogP contribution in [0.3, 0.4) is 0 Å². The summed E-state index contributed by atoms with van der Waals surface area (Å²) in [6.07, 6.45) is 8.23. The molecule has 0 aliphatic rings. The van der Waals surface area contributed by atoms with E-state index in [2.05, 4.69) is 15.9 Å². The van der Waals surface area contributed by atoms with Crippen molar-refractivity contribution in [3.8, 4) is 12.3 Å². The Morgan fingerprint density at radius 3 is 2.95 bits per heavy atom. The van der Waals surface area contributed by atoms with Crippen molar-refractivity contribution >= 4 is 16.9 Å². The van der Waals surface area contributed by atoms with Crippen molar-refractivity contribution in [2.75, 3.05) is 12.3 Å². The lowest BCUT2D eigenvalue weighted by atomic mass is 10.2. The highest BCUT2D eigenvalue weighted by molar-refractivity contribution is 5.89. The first kappa shape index (κ1) is 14.3. The van der Waals surface area contributed by atoms with Crippen LogP contribution in [0.1, 0.15) is 25.1 Å². The number of aryl methyl sites for hydroxylation is 1. The second kappa shape index (κ2) is 5.90. The largest absolute Gasteiger partial charge is 0.394 e. The van der Waals surface area contributed by atoms with Gasteiger partial charge in [0.05, 0.1) is 18.1 Å². The van der Waals surface area contributed by atoms with Crippen LogP contribution in [0.15, 0.2) is 12.5 Å². The number of fused-ring (bicyclic) bond motifs is 1. The molecule has 0 amide bonds. The van der Waals surface area contributed by atoms with Crippen molar-refractivity contribution in [3.05, 3.63) is 18.1 Å². The predicted octanol–water partition coefficient (Wildman–Crippen LogP) is 1.24. The van der Waals surface area contributed by atoms with E-state index in [1.165, 1.54) is 6.33 Å². The van der Waals surface area contributed by atoms with Gasteiger partial charge in [-0.05, 0) is 19.4 Å². The van der Waals surface area contributed by atoms with Gasteiger partial charge in [0.2, 0.25) is 0 Å². The van der Waals surface area contributed by atoms with E-state index < -0.39 is 6.10 Å². The van der Waals surface area contributed by atoms with Gasteiger partial charge in [-0.2, -0.15) is 0 Å². The van der Waals surface area contributed by atoms with Crippen LogP contribution in [0.2, 0.25) is 0 Å². The number of anilines is 1. The van der Waals surface area contributed by atoms with E-state index in [1.807, 2.05) is 24.6 Å². The zero-order chi connectivity index (χ0) is 14.7. The minimum absolute atomic E-state index is 0.121. The monoisotopic (exact) mass is 274 g/mol. The number of nitrogens with zero attached hydrogens (tertiary/aromatic N) is 3. The number of rotatable bonds is 5. The standard InChI is InChI=1S/C14H18N4O2/c1-4-5-11(7-19)20-10(3)18-6-9(2)12-13(15)16-8-17-14(12)18/h1,6,8,10-11,19H,5,7H2,2-3H3,(H2,15,16,17)/t10-,11+/m1/s1. The average molecular weight is 274 g/mol. The molecule has 0 bridgehead atoms. The molecule has 2 rings (SSSR count). The number of aliphatic hydroxyl groups is 1. The quantitative estimate of drug-likeness (QED) is 0.801. The Bertz CT molecular complexity index is 644. The van der Waals surface area contributed by atoms with E-state index >= 15 is 0 Å². The van der Waals surface area contributed by atoms with Crippen LogP contribution in [0, 0.1) is 19.3 Å². The van der Waals surface area contributed by atoms with Gasteiger partial charge in [0, 0.05) is 12.6 Å². The molecule has 2 heterocycles. The summed E-state index contributed by atoms with van der Waals surface area (Å²) in [7, 11) is 0. The second-order valence-electron chi connectivity index (χ2n) is 4.63. The van der Waals surface area contributed by atoms with Crippen molar-refractivity contribution in [1.82, 2.24) is 14.5 Å². The molecule has 0 unspecified atom stereocenters. The minimum atomic E-state index is -0.396. The van der Waals surface area contributed by atoms with Crippen LogP contribution >= 0.6 is 0 Å². The highest BCUT2D eigenvalue weighted by Gasteiger charge is 2.18. The van der Waals surface area contributed by atoms with E-state index in [9.17, 15) is 5.11 Å². The first-order valence-electron chi connectivity index (χ1n) is 6.35. The Kier molecular flexibility index (Phi) is 4.23. The lowest BCUT2D eigenvalue weighted by Gasteiger charge is -2.21. The third-order valence-corrected chi connectivity index (χ3v) is 3.16. The predicted molar refractivity (Wildman–Crippen MR) is 76.8 cm³/mol. The van der Waals surface area contributed by atoms with Crippen molar-refractivity contribution in [1.29, 1.82) is 0 Å². The molecule has 2 atom stereocenters.